The molecule has 2 fully saturated rings. The number of ether oxygens (including phenoxy) is 6. The number of aliphatic hydroxyl groups is 7. The molecule has 0 spiro atoms. The maximum absolute atomic E-state index is 16.3. The van der Waals surface area contributed by atoms with E-state index in [1.54, 1.807) is 50.2 Å². The fraction of sp³-hybridized carbons (Fsp3) is 0.407. The van der Waals surface area contributed by atoms with E-state index < -0.39 is 244 Å². The number of rotatable bonds is 22. The van der Waals surface area contributed by atoms with Crippen molar-refractivity contribution in [3.05, 3.63) is 182 Å². The highest BCUT2D eigenvalue weighted by Gasteiger charge is 2.52. The Bertz CT molecular complexity index is 5170. The van der Waals surface area contributed by atoms with Gasteiger partial charge in [0.1, 0.15) is 95.5 Å². The molecular weight excluding hydrogens is 1670 g/mol. The number of aliphatic hydroxyl groups excluding tert-OH is 7. The molecule has 7 aliphatic rings. The number of likely N-dealkylation sites (N-methyl/N-ethyl adjacent to an activating group) is 1. The van der Waals surface area contributed by atoms with Crippen LogP contribution < -0.4 is 78.6 Å². The molecule has 670 valence electrons. The van der Waals surface area contributed by atoms with Crippen molar-refractivity contribution < 1.29 is 123 Å². The summed E-state index contributed by atoms with van der Waals surface area (Å²) in [4.78, 5) is 133. The summed E-state index contributed by atoms with van der Waals surface area (Å²) in [5.41, 5.74) is 9.37. The number of hydrogen-bond acceptors (Lipinski definition) is 28. The van der Waals surface area contributed by atoms with E-state index in [1.807, 2.05) is 39.8 Å². The first kappa shape index (κ1) is 94.3. The second-order valence-electron chi connectivity index (χ2n) is 31.7. The third kappa shape index (κ3) is 21.4. The molecule has 2 saturated heterocycles. The zero-order valence-electron chi connectivity index (χ0n) is 68.0. The third-order valence-corrected chi connectivity index (χ3v) is 22.5. The predicted octanol–water partition coefficient (Wildman–Crippen LogP) is 3.48. The number of fused-ring (bicyclic) bond motifs is 15. The number of nitrogens with two attached hydrogens (primary N) is 1. The second kappa shape index (κ2) is 40.3. The van der Waals surface area contributed by atoms with E-state index in [2.05, 4.69) is 58.7 Å². The van der Waals surface area contributed by atoms with Crippen molar-refractivity contribution >= 4 is 82.1 Å². The monoisotopic (exact) mass is 1770 g/mol. The van der Waals surface area contributed by atoms with Gasteiger partial charge in [0.15, 0.2) is 23.9 Å². The van der Waals surface area contributed by atoms with Gasteiger partial charge in [-0.1, -0.05) is 101 Å². The lowest BCUT2D eigenvalue weighted by atomic mass is 9.84. The summed E-state index contributed by atoms with van der Waals surface area (Å²) in [6.45, 7) is 9.31. The van der Waals surface area contributed by atoms with Gasteiger partial charge in [-0.25, -0.2) is 5.43 Å². The molecule has 23 N–H and O–H groups in total. The summed E-state index contributed by atoms with van der Waals surface area (Å²) < 4.78 is 39.6. The molecule has 37 nitrogen and oxygen atoms in total. The number of hydrazine groups is 1. The van der Waals surface area contributed by atoms with E-state index in [9.17, 15) is 70.2 Å². The lowest BCUT2D eigenvalue weighted by Crippen LogP contribution is -2.65. The van der Waals surface area contributed by atoms with Gasteiger partial charge in [-0.05, 0) is 157 Å². The number of carbonyl (C=O) groups excluding carboxylic acids is 9. The van der Waals surface area contributed by atoms with Crippen LogP contribution in [0, 0.1) is 5.92 Å². The number of phenols is 3. The number of carbonyl (C=O) groups is 9. The maximum atomic E-state index is 16.3. The number of nitrogens with one attached hydrogen (secondary N) is 11. The first-order valence-corrected chi connectivity index (χ1v) is 40.5. The van der Waals surface area contributed by atoms with Gasteiger partial charge in [-0.2, -0.15) is 0 Å². The average Bonchev–Trinajstić information content (AvgIpc) is 0.765. The molecule has 0 saturated carbocycles. The minimum atomic E-state index is -2.38. The van der Waals surface area contributed by atoms with Crippen molar-refractivity contribution in [3.63, 3.8) is 0 Å². The Hall–Kier alpha value is -11.4. The zero-order valence-corrected chi connectivity index (χ0v) is 69.5. The topological polar surface area (TPSA) is 570 Å². The lowest BCUT2D eigenvalue weighted by molar-refractivity contribution is -0.334. The lowest BCUT2D eigenvalue weighted by Gasteiger charge is -2.48. The first-order valence-electron chi connectivity index (χ1n) is 39.8. The van der Waals surface area contributed by atoms with E-state index in [0.717, 1.165) is 66.2 Å². The van der Waals surface area contributed by atoms with Gasteiger partial charge in [-0.3, -0.25) is 48.6 Å². The quantitative estimate of drug-likeness (QED) is 0.0341. The maximum Gasteiger partial charge on any atom is 0.261 e. The van der Waals surface area contributed by atoms with Crippen LogP contribution >= 0.6 is 23.2 Å². The van der Waals surface area contributed by atoms with Gasteiger partial charge in [0.2, 0.25) is 53.4 Å². The van der Waals surface area contributed by atoms with Crippen LogP contribution in [0.15, 0.2) is 127 Å². The summed E-state index contributed by atoms with van der Waals surface area (Å²) in [5, 5.41) is 140. The Balaban J connectivity index is 0.0000152. The van der Waals surface area contributed by atoms with Gasteiger partial charge in [0.25, 0.3) is 11.8 Å². The molecule has 11 bridgehead atoms. The van der Waals surface area contributed by atoms with Crippen LogP contribution in [0.25, 0.3) is 11.1 Å². The minimum Gasteiger partial charge on any atom is -0.508 e. The molecule has 18 unspecified atom stereocenters. The molecule has 7 heterocycles. The predicted molar refractivity (Wildman–Crippen MR) is 449 cm³/mol. The molecule has 14 rings (SSSR count). The normalized spacial score (nSPS) is 25.9. The number of hydrogen-bond donors (Lipinski definition) is 22. The van der Waals surface area contributed by atoms with Crippen LogP contribution in [0.1, 0.15) is 154 Å². The Morgan fingerprint density at radius 2 is 1.30 bits per heavy atom. The van der Waals surface area contributed by atoms with Crippen molar-refractivity contribution in [2.75, 3.05) is 32.1 Å². The van der Waals surface area contributed by atoms with Gasteiger partial charge < -0.3 is 133 Å². The molecule has 125 heavy (non-hydrogen) atoms. The van der Waals surface area contributed by atoms with Gasteiger partial charge in [-0.15, -0.1) is 0 Å². The van der Waals surface area contributed by atoms with E-state index in [0.29, 0.717) is 16.8 Å². The van der Waals surface area contributed by atoms with Crippen LogP contribution in [0.4, 0.5) is 5.69 Å². The van der Waals surface area contributed by atoms with Crippen LogP contribution in [0.2, 0.25) is 10.0 Å². The summed E-state index contributed by atoms with van der Waals surface area (Å²) in [7, 11) is 1.47. The SMILES string of the molecule is C.CNC(CC(C)C)C(=O)NC1C(=O)NC(CC(N)=O)C(=O)NC2C(=O)NC3C(=O)NC(C(=O)NC(C(=O)NNCCO)c4cc(O)cc(O)c4-c4cc3ccc4O)C(O)c3ccc(c(Cl)c3)Oc3cc2cc(c3OC2OC(CO)C(O)C(O)C2OC2CC(C)(NCc3ccc(NC(=O)c4ccc(C(C)C)cc4)cc3)C(O)C(C)O2)Oc2ccc(cc2Cl)C1O. The summed E-state index contributed by atoms with van der Waals surface area (Å²) in [5.74, 6) is -15.3. The highest BCUT2D eigenvalue weighted by molar-refractivity contribution is 6.32. The Morgan fingerprint density at radius 1 is 0.672 bits per heavy atom. The fourth-order valence-electron chi connectivity index (χ4n) is 15.2. The molecule has 39 heteroatoms. The molecule has 18 atom stereocenters. The van der Waals surface area contributed by atoms with Crippen molar-refractivity contribution in [1.29, 1.82) is 0 Å². The fourth-order valence-corrected chi connectivity index (χ4v) is 15.6. The zero-order chi connectivity index (χ0) is 89.6. The van der Waals surface area contributed by atoms with E-state index in [4.69, 9.17) is 57.4 Å². The Labute approximate surface area is 727 Å². The molecule has 7 aromatic carbocycles. The molecule has 7 aliphatic heterocycles. The summed E-state index contributed by atoms with van der Waals surface area (Å²) >= 11 is 14.4. The van der Waals surface area contributed by atoms with Crippen molar-refractivity contribution in [2.45, 2.75) is 190 Å². The van der Waals surface area contributed by atoms with E-state index in [-0.39, 0.29) is 78.6 Å². The average molecular weight is 1770 g/mol. The molecule has 7 aromatic rings. The number of aromatic hydroxyl groups is 3. The molecular formula is C86H102Cl2N12O25. The minimum absolute atomic E-state index is 0. The smallest absolute Gasteiger partial charge is 0.261 e. The van der Waals surface area contributed by atoms with Crippen LogP contribution in [0.5, 0.6) is 46.0 Å². The van der Waals surface area contributed by atoms with Gasteiger partial charge in [0.05, 0.1) is 47.9 Å². The highest BCUT2D eigenvalue weighted by Crippen LogP contribution is 2.50. The third-order valence-electron chi connectivity index (χ3n) is 21.9. The van der Waals surface area contributed by atoms with E-state index in [1.165, 1.54) is 25.2 Å². The Morgan fingerprint density at radius 3 is 1.90 bits per heavy atom. The molecule has 0 radical (unpaired) electrons. The number of benzene rings is 7. The number of anilines is 1. The van der Waals surface area contributed by atoms with Crippen molar-refractivity contribution in [3.8, 4) is 57.1 Å². The van der Waals surface area contributed by atoms with Crippen LogP contribution in [0.3, 0.4) is 0 Å². The molecule has 0 aromatic heterocycles. The largest absolute Gasteiger partial charge is 0.508 e. The summed E-state index contributed by atoms with van der Waals surface area (Å²) in [6, 6.07) is 14.0. The Kier molecular flexibility index (Phi) is 30.4. The van der Waals surface area contributed by atoms with Crippen LogP contribution in [-0.2, 0) is 59.1 Å². The summed E-state index contributed by atoms with van der Waals surface area (Å²) in [6.07, 6.45) is -19.0. The number of primary amides is 1. The molecule has 9 amide bonds. The molecule has 0 aliphatic carbocycles. The van der Waals surface area contributed by atoms with Crippen molar-refractivity contribution in [1.82, 2.24) is 53.4 Å². The van der Waals surface area contributed by atoms with Gasteiger partial charge in [0, 0.05) is 53.5 Å². The van der Waals surface area contributed by atoms with E-state index >= 15 is 24.0 Å². The number of phenolic OH excluding ortho intramolecular Hbond substituents is 3. The van der Waals surface area contributed by atoms with Crippen molar-refractivity contribution in [2.24, 2.45) is 11.7 Å². The second-order valence-corrected chi connectivity index (χ2v) is 32.5. The standard InChI is InChI=1S/C85H98Cl2N12O25.CH4/c1-36(2)24-52(89-7)77(112)97-67-69(106)43-15-20-56(50(86)26-43)120-58-28-45-29-59(73(58)124-84-74(72(109)71(108)60(35-101)122-84)123-62-33-85(6,75(110)38(5)119-62)90-34-39-8-17-46(18-9-39)92-76(111)41-12-10-40(11-13-41)37(3)4)121-57-21-16-44(27-51(57)87)70(107)68-82(117)96-66(83(118)99-91-22-23-100)49-30-47(102)31-55(104)63(49)48-25-42(14-19-54(48)103)64(79(114)98-68)95-80(115)65(45)94-78(113)53(32-61(88)105)93-81(67)116;/h8-21,25-31,36-38,52-53,60,62,64-72,74-75,84,89-91,100-104,106-110H,22-24,32-35H2,1-7H3,(H2,88,105)(H,92,111)(H,93,116)(H,94,113)(H,95,115)(H,96,117)(H,97,112)(H,98,114)(H,99,118);1H4. The van der Waals surface area contributed by atoms with Gasteiger partial charge >= 0.3 is 0 Å². The number of amides is 9. The highest BCUT2D eigenvalue weighted by atomic mass is 35.5. The number of halogens is 2. The van der Waals surface area contributed by atoms with Crippen LogP contribution in [-0.4, -0.2) is 210 Å². The first-order chi connectivity index (χ1) is 58.9.